The van der Waals surface area contributed by atoms with Crippen molar-refractivity contribution in [3.8, 4) is 12.3 Å². The summed E-state index contributed by atoms with van der Waals surface area (Å²) in [4.78, 5) is 17.6. The average Bonchev–Trinajstić information content (AvgIpc) is 3.44. The topological polar surface area (TPSA) is 101 Å². The Hall–Kier alpha value is -2.81. The zero-order valence-corrected chi connectivity index (χ0v) is 18.4. The number of H-pyrrole nitrogens is 1. The Balaban J connectivity index is 1.25. The minimum Gasteiger partial charge on any atom is -0.377 e. The van der Waals surface area contributed by atoms with E-state index >= 15 is 0 Å². The lowest BCUT2D eigenvalue weighted by atomic mass is 10.2. The van der Waals surface area contributed by atoms with Crippen molar-refractivity contribution in [2.24, 2.45) is 0 Å². The Kier molecular flexibility index (Phi) is 5.00. The number of aromatic amines is 1. The molecule has 0 aliphatic carbocycles. The highest BCUT2D eigenvalue weighted by Crippen LogP contribution is 2.28. The number of sulfonamides is 1. The molecule has 5 rings (SSSR count). The zero-order chi connectivity index (χ0) is 21.6. The number of benzene rings is 1. The van der Waals surface area contributed by atoms with Crippen molar-refractivity contribution in [3.05, 3.63) is 40.6 Å². The lowest BCUT2D eigenvalue weighted by Gasteiger charge is -2.38. The number of hydrogen-bond acceptors (Lipinski definition) is 6. The van der Waals surface area contributed by atoms with E-state index in [-0.39, 0.29) is 24.1 Å². The largest absolute Gasteiger partial charge is 0.377 e. The molecular weight excluding hydrogens is 436 g/mol. The number of carbonyl (C=O) groups excluding carboxylic acids is 1. The van der Waals surface area contributed by atoms with Crippen LogP contribution >= 0.6 is 11.8 Å². The third kappa shape index (κ3) is 3.60. The lowest BCUT2D eigenvalue weighted by Crippen LogP contribution is -2.57. The average molecular weight is 459 g/mol. The molecule has 2 aromatic rings. The van der Waals surface area contributed by atoms with E-state index in [9.17, 15) is 13.2 Å². The van der Waals surface area contributed by atoms with Gasteiger partial charge in [-0.15, -0.1) is 6.42 Å². The van der Waals surface area contributed by atoms with Gasteiger partial charge in [-0.1, -0.05) is 17.7 Å². The van der Waals surface area contributed by atoms with Crippen molar-refractivity contribution in [1.29, 1.82) is 0 Å². The normalized spacial score (nSPS) is 19.7. The van der Waals surface area contributed by atoms with Gasteiger partial charge in [0.2, 0.25) is 0 Å². The number of thioether (sulfide) groups is 1. The fraction of sp³-hybridized carbons (Fsp3) is 0.350. The van der Waals surface area contributed by atoms with Crippen LogP contribution in [-0.2, 0) is 10.0 Å². The summed E-state index contributed by atoms with van der Waals surface area (Å²) in [6.07, 6.45) is 6.22. The molecule has 0 bridgehead atoms. The predicted octanol–water partition coefficient (Wildman–Crippen LogP) is 1.25. The van der Waals surface area contributed by atoms with Crippen LogP contribution in [0.1, 0.15) is 12.0 Å². The number of rotatable bonds is 2. The summed E-state index contributed by atoms with van der Waals surface area (Å²) in [5.41, 5.74) is 5.74. The molecule has 1 aromatic carbocycles. The van der Waals surface area contributed by atoms with Crippen LogP contribution < -0.4 is 10.7 Å². The third-order valence-electron chi connectivity index (χ3n) is 5.72. The van der Waals surface area contributed by atoms with E-state index in [1.807, 2.05) is 0 Å². The lowest BCUT2D eigenvalue weighted by molar-refractivity contribution is 0.118. The van der Waals surface area contributed by atoms with Crippen LogP contribution in [0.2, 0.25) is 0 Å². The van der Waals surface area contributed by atoms with Crippen LogP contribution in [0.5, 0.6) is 0 Å². The van der Waals surface area contributed by atoms with Crippen LogP contribution in [0.15, 0.2) is 40.0 Å². The number of fused-ring (bicyclic) bond motifs is 1. The van der Waals surface area contributed by atoms with Crippen molar-refractivity contribution in [3.63, 3.8) is 0 Å². The number of aromatic nitrogens is 1. The maximum atomic E-state index is 13.1. The minimum absolute atomic E-state index is 0.122. The number of urea groups is 1. The van der Waals surface area contributed by atoms with Gasteiger partial charge in [0, 0.05) is 61.3 Å². The van der Waals surface area contributed by atoms with Crippen molar-refractivity contribution in [2.75, 3.05) is 38.6 Å². The standard InChI is InChI=1S/C20H22N6O3S2/c1-2-14-3-4-16-15(11-14)12-18(22-16)31(28,29)25-9-7-24(8-10-25)20(27)26-6-5-17-19(23-26)30-13-21-17/h1,3-4,11-12,21-23H,5-10,13H2. The van der Waals surface area contributed by atoms with Crippen LogP contribution in [0.4, 0.5) is 4.79 Å². The molecule has 0 spiro atoms. The molecule has 3 aliphatic heterocycles. The highest BCUT2D eigenvalue weighted by atomic mass is 32.2. The van der Waals surface area contributed by atoms with Crippen LogP contribution in [0, 0.1) is 12.3 Å². The van der Waals surface area contributed by atoms with E-state index < -0.39 is 10.0 Å². The summed E-state index contributed by atoms with van der Waals surface area (Å²) in [5.74, 6) is 3.37. The van der Waals surface area contributed by atoms with Gasteiger partial charge in [-0.05, 0) is 24.3 Å². The fourth-order valence-electron chi connectivity index (χ4n) is 3.97. The first kappa shape index (κ1) is 20.1. The van der Waals surface area contributed by atoms with Crippen LogP contribution in [0.25, 0.3) is 10.9 Å². The third-order valence-corrected chi connectivity index (χ3v) is 8.45. The predicted molar refractivity (Wildman–Crippen MR) is 119 cm³/mol. The van der Waals surface area contributed by atoms with Gasteiger partial charge in [0.15, 0.2) is 0 Å². The SMILES string of the molecule is C#Cc1ccc2[nH]c(S(=O)(=O)N3CCN(C(=O)N4CCC5=C(N4)SCN5)CC3)cc2c1. The molecule has 3 aliphatic rings. The Morgan fingerprint density at radius 1 is 1.13 bits per heavy atom. The first-order chi connectivity index (χ1) is 15.0. The number of piperazine rings is 1. The van der Waals surface area contributed by atoms with Crippen molar-refractivity contribution < 1.29 is 13.2 Å². The number of terminal acetylenes is 1. The number of hydrogen-bond donors (Lipinski definition) is 3. The maximum Gasteiger partial charge on any atom is 0.338 e. The fourth-order valence-corrected chi connectivity index (χ4v) is 6.33. The second kappa shape index (κ2) is 7.71. The summed E-state index contributed by atoms with van der Waals surface area (Å²) < 4.78 is 27.7. The van der Waals surface area contributed by atoms with Crippen LogP contribution in [0.3, 0.4) is 0 Å². The van der Waals surface area contributed by atoms with E-state index in [0.717, 1.165) is 33.9 Å². The van der Waals surface area contributed by atoms with E-state index in [2.05, 4.69) is 21.6 Å². The van der Waals surface area contributed by atoms with E-state index in [1.165, 1.54) is 4.31 Å². The number of carbonyl (C=O) groups is 1. The molecule has 31 heavy (non-hydrogen) atoms. The Morgan fingerprint density at radius 3 is 2.71 bits per heavy atom. The van der Waals surface area contributed by atoms with E-state index in [1.54, 1.807) is 45.9 Å². The molecule has 1 fully saturated rings. The molecule has 9 nitrogen and oxygen atoms in total. The molecule has 0 unspecified atom stereocenters. The highest BCUT2D eigenvalue weighted by Gasteiger charge is 2.34. The monoisotopic (exact) mass is 458 g/mol. The highest BCUT2D eigenvalue weighted by molar-refractivity contribution is 8.03. The molecule has 0 radical (unpaired) electrons. The summed E-state index contributed by atoms with van der Waals surface area (Å²) >= 11 is 1.64. The van der Waals surface area contributed by atoms with Gasteiger partial charge in [-0.25, -0.2) is 18.2 Å². The molecular formula is C20H22N6O3S2. The van der Waals surface area contributed by atoms with Gasteiger partial charge in [0.25, 0.3) is 10.0 Å². The minimum atomic E-state index is -3.69. The summed E-state index contributed by atoms with van der Waals surface area (Å²) in [6.45, 7) is 1.76. The number of hydrazine groups is 1. The molecule has 1 saturated heterocycles. The van der Waals surface area contributed by atoms with Crippen molar-refractivity contribution in [1.82, 2.24) is 29.9 Å². The molecule has 0 saturated carbocycles. The Labute approximate surface area is 184 Å². The van der Waals surface area contributed by atoms with Gasteiger partial charge < -0.3 is 15.2 Å². The van der Waals surface area contributed by atoms with E-state index in [4.69, 9.17) is 6.42 Å². The summed E-state index contributed by atoms with van der Waals surface area (Å²) in [7, 11) is -3.69. The maximum absolute atomic E-state index is 13.1. The quantitative estimate of drug-likeness (QED) is 0.586. The van der Waals surface area contributed by atoms with Gasteiger partial charge >= 0.3 is 6.03 Å². The first-order valence-electron chi connectivity index (χ1n) is 9.98. The summed E-state index contributed by atoms with van der Waals surface area (Å²) in [5, 5.41) is 6.80. The van der Waals surface area contributed by atoms with Crippen LogP contribution in [-0.4, -0.2) is 72.2 Å². The Bertz CT molecular complexity index is 1220. The molecule has 11 heteroatoms. The number of amides is 2. The molecule has 3 N–H and O–H groups in total. The Morgan fingerprint density at radius 2 is 1.94 bits per heavy atom. The van der Waals surface area contributed by atoms with Gasteiger partial charge in [0.1, 0.15) is 10.1 Å². The molecule has 0 atom stereocenters. The smallest absolute Gasteiger partial charge is 0.338 e. The van der Waals surface area contributed by atoms with Gasteiger partial charge in [0.05, 0.1) is 5.88 Å². The molecule has 4 heterocycles. The molecule has 162 valence electrons. The number of nitrogens with one attached hydrogen (secondary N) is 3. The van der Waals surface area contributed by atoms with Crippen molar-refractivity contribution in [2.45, 2.75) is 11.4 Å². The van der Waals surface area contributed by atoms with Gasteiger partial charge in [-0.2, -0.15) is 4.31 Å². The zero-order valence-electron chi connectivity index (χ0n) is 16.7. The molecule has 1 aromatic heterocycles. The molecule has 2 amide bonds. The first-order valence-corrected chi connectivity index (χ1v) is 12.4. The van der Waals surface area contributed by atoms with E-state index in [0.29, 0.717) is 25.2 Å². The second-order valence-electron chi connectivity index (χ2n) is 7.54. The summed E-state index contributed by atoms with van der Waals surface area (Å²) in [6, 6.07) is 6.83. The van der Waals surface area contributed by atoms with Gasteiger partial charge in [-0.3, -0.25) is 5.43 Å². The van der Waals surface area contributed by atoms with Crippen molar-refractivity contribution >= 4 is 38.7 Å². The second-order valence-corrected chi connectivity index (χ2v) is 10.4. The number of nitrogens with zero attached hydrogens (tertiary/aromatic N) is 3.